The Labute approximate surface area is 140 Å². The summed E-state index contributed by atoms with van der Waals surface area (Å²) in [5.74, 6) is -0.315. The van der Waals surface area contributed by atoms with Gasteiger partial charge in [0, 0.05) is 32.3 Å². The number of carbonyl (C=O) groups is 1. The van der Waals surface area contributed by atoms with Crippen molar-refractivity contribution in [1.29, 1.82) is 0 Å². The first-order valence-electron chi connectivity index (χ1n) is 6.43. The van der Waals surface area contributed by atoms with Crippen LogP contribution in [0.25, 0.3) is 0 Å². The molecule has 124 valence electrons. The summed E-state index contributed by atoms with van der Waals surface area (Å²) in [7, 11) is -1.90. The third kappa shape index (κ3) is 6.50. The summed E-state index contributed by atoms with van der Waals surface area (Å²) in [6.07, 6.45) is 1.12. The van der Waals surface area contributed by atoms with Gasteiger partial charge in [-0.15, -0.1) is 0 Å². The molecule has 0 unspecified atom stereocenters. The fraction of sp³-hybridized carbons (Fsp3) is 0.462. The molecule has 0 saturated carbocycles. The fourth-order valence-corrected chi connectivity index (χ4v) is 2.79. The molecule has 0 bridgehead atoms. The fourth-order valence-electron chi connectivity index (χ4n) is 1.66. The minimum Gasteiger partial charge on any atom is -0.383 e. The van der Waals surface area contributed by atoms with Crippen LogP contribution >= 0.6 is 23.2 Å². The Hall–Kier alpha value is -0.860. The molecule has 9 heteroatoms. The van der Waals surface area contributed by atoms with E-state index in [-0.39, 0.29) is 32.0 Å². The molecule has 22 heavy (non-hydrogen) atoms. The predicted molar refractivity (Wildman–Crippen MR) is 88.0 cm³/mol. The lowest BCUT2D eigenvalue weighted by atomic mass is 10.3. The second-order valence-corrected chi connectivity index (χ2v) is 7.38. The topological polar surface area (TPSA) is 75.7 Å². The lowest BCUT2D eigenvalue weighted by Gasteiger charge is -2.19. The average Bonchev–Trinajstić information content (AvgIpc) is 2.41. The molecule has 1 aromatic rings. The number of carbonyl (C=O) groups excluding carboxylic acids is 1. The summed E-state index contributed by atoms with van der Waals surface area (Å²) >= 11 is 11.6. The maximum absolute atomic E-state index is 11.9. The smallest absolute Gasteiger partial charge is 0.225 e. The largest absolute Gasteiger partial charge is 0.383 e. The first kappa shape index (κ1) is 19.2. The van der Waals surface area contributed by atoms with Crippen LogP contribution in [0.15, 0.2) is 18.2 Å². The van der Waals surface area contributed by atoms with Crippen molar-refractivity contribution in [1.82, 2.24) is 4.31 Å². The Morgan fingerprint density at radius 1 is 1.27 bits per heavy atom. The van der Waals surface area contributed by atoms with Crippen molar-refractivity contribution in [3.63, 3.8) is 0 Å². The summed E-state index contributed by atoms with van der Waals surface area (Å²) in [4.78, 5) is 11.9. The Balaban J connectivity index is 2.58. The minimum atomic E-state index is -3.38. The van der Waals surface area contributed by atoms with Crippen LogP contribution in [-0.4, -0.2) is 51.7 Å². The van der Waals surface area contributed by atoms with Crippen LogP contribution in [-0.2, 0) is 19.6 Å². The average molecular weight is 369 g/mol. The number of amides is 1. The number of hydrogen-bond donors (Lipinski definition) is 1. The van der Waals surface area contributed by atoms with Crippen LogP contribution in [0.5, 0.6) is 0 Å². The first-order chi connectivity index (χ1) is 10.2. The van der Waals surface area contributed by atoms with Gasteiger partial charge in [-0.05, 0) is 18.2 Å². The van der Waals surface area contributed by atoms with Gasteiger partial charge in [-0.2, -0.15) is 4.31 Å². The van der Waals surface area contributed by atoms with Crippen molar-refractivity contribution >= 4 is 44.8 Å². The number of ether oxygens (including phenoxy) is 1. The van der Waals surface area contributed by atoms with E-state index in [1.54, 1.807) is 12.1 Å². The Bertz CT molecular complexity index is 622. The van der Waals surface area contributed by atoms with Gasteiger partial charge in [-0.3, -0.25) is 4.79 Å². The van der Waals surface area contributed by atoms with E-state index < -0.39 is 10.0 Å². The maximum Gasteiger partial charge on any atom is 0.225 e. The highest BCUT2D eigenvalue weighted by molar-refractivity contribution is 7.88. The molecular weight excluding hydrogens is 351 g/mol. The first-order valence-corrected chi connectivity index (χ1v) is 9.03. The number of rotatable bonds is 8. The van der Waals surface area contributed by atoms with Gasteiger partial charge < -0.3 is 10.1 Å². The lowest BCUT2D eigenvalue weighted by molar-refractivity contribution is -0.116. The molecule has 6 nitrogen and oxygen atoms in total. The van der Waals surface area contributed by atoms with Gasteiger partial charge in [0.25, 0.3) is 0 Å². The van der Waals surface area contributed by atoms with Crippen molar-refractivity contribution in [2.45, 2.75) is 6.42 Å². The summed E-state index contributed by atoms with van der Waals surface area (Å²) in [5, 5.41) is 3.36. The molecule has 0 saturated heterocycles. The highest BCUT2D eigenvalue weighted by Gasteiger charge is 2.17. The SMILES string of the molecule is COCCN(CCC(=O)Nc1ccc(Cl)c(Cl)c1)S(C)(=O)=O. The molecule has 1 rings (SSSR count). The summed E-state index contributed by atoms with van der Waals surface area (Å²) in [5.41, 5.74) is 0.502. The second-order valence-electron chi connectivity index (χ2n) is 4.58. The molecule has 0 radical (unpaired) electrons. The summed E-state index contributed by atoms with van der Waals surface area (Å²) in [6, 6.07) is 4.72. The Kier molecular flexibility index (Phi) is 7.58. The second kappa shape index (κ2) is 8.69. The molecule has 0 aliphatic rings. The van der Waals surface area contributed by atoms with Crippen LogP contribution in [0.4, 0.5) is 5.69 Å². The van der Waals surface area contributed by atoms with E-state index in [0.717, 1.165) is 6.26 Å². The molecule has 1 amide bonds. The predicted octanol–water partition coefficient (Wildman–Crippen LogP) is 2.23. The molecule has 1 aromatic carbocycles. The van der Waals surface area contributed by atoms with E-state index in [4.69, 9.17) is 27.9 Å². The van der Waals surface area contributed by atoms with Gasteiger partial charge in [-0.1, -0.05) is 23.2 Å². The van der Waals surface area contributed by atoms with Crippen molar-refractivity contribution in [3.8, 4) is 0 Å². The molecule has 0 aromatic heterocycles. The van der Waals surface area contributed by atoms with E-state index in [9.17, 15) is 13.2 Å². The molecule has 0 aliphatic carbocycles. The number of benzene rings is 1. The summed E-state index contributed by atoms with van der Waals surface area (Å²) < 4.78 is 29.3. The van der Waals surface area contributed by atoms with E-state index in [1.807, 2.05) is 0 Å². The van der Waals surface area contributed by atoms with E-state index >= 15 is 0 Å². The quantitative estimate of drug-likeness (QED) is 0.763. The van der Waals surface area contributed by atoms with Crippen LogP contribution in [0.1, 0.15) is 6.42 Å². The Morgan fingerprint density at radius 3 is 2.50 bits per heavy atom. The van der Waals surface area contributed by atoms with Crippen LogP contribution in [0, 0.1) is 0 Å². The van der Waals surface area contributed by atoms with Crippen LogP contribution in [0.3, 0.4) is 0 Å². The number of nitrogens with zero attached hydrogens (tertiary/aromatic N) is 1. The number of anilines is 1. The molecule has 0 spiro atoms. The number of nitrogens with one attached hydrogen (secondary N) is 1. The van der Waals surface area contributed by atoms with Gasteiger partial charge in [0.2, 0.25) is 15.9 Å². The van der Waals surface area contributed by atoms with Gasteiger partial charge >= 0.3 is 0 Å². The van der Waals surface area contributed by atoms with Crippen molar-refractivity contribution in [2.24, 2.45) is 0 Å². The zero-order chi connectivity index (χ0) is 16.8. The molecular formula is C13H18Cl2N2O4S. The summed E-state index contributed by atoms with van der Waals surface area (Å²) in [6.45, 7) is 0.548. The van der Waals surface area contributed by atoms with E-state index in [2.05, 4.69) is 5.32 Å². The monoisotopic (exact) mass is 368 g/mol. The number of halogens is 2. The molecule has 0 heterocycles. The number of methoxy groups -OCH3 is 1. The highest BCUT2D eigenvalue weighted by Crippen LogP contribution is 2.25. The van der Waals surface area contributed by atoms with E-state index in [0.29, 0.717) is 15.7 Å². The molecule has 0 aliphatic heterocycles. The van der Waals surface area contributed by atoms with Crippen LogP contribution in [0.2, 0.25) is 10.0 Å². The van der Waals surface area contributed by atoms with E-state index in [1.165, 1.54) is 17.5 Å². The number of sulfonamides is 1. The van der Waals surface area contributed by atoms with Crippen molar-refractivity contribution in [3.05, 3.63) is 28.2 Å². The van der Waals surface area contributed by atoms with Crippen molar-refractivity contribution in [2.75, 3.05) is 38.4 Å². The molecule has 1 N–H and O–H groups in total. The minimum absolute atomic E-state index is 0.0248. The standard InChI is InChI=1S/C13H18Cl2N2O4S/c1-21-8-7-17(22(2,19)20)6-5-13(18)16-10-3-4-11(14)12(15)9-10/h3-4,9H,5-8H2,1-2H3,(H,16,18). The number of hydrogen-bond acceptors (Lipinski definition) is 4. The molecule has 0 fully saturated rings. The third-order valence-corrected chi connectivity index (χ3v) is 4.85. The Morgan fingerprint density at radius 2 is 1.95 bits per heavy atom. The van der Waals surface area contributed by atoms with Crippen LogP contribution < -0.4 is 5.32 Å². The van der Waals surface area contributed by atoms with Gasteiger partial charge in [0.15, 0.2) is 0 Å². The van der Waals surface area contributed by atoms with Gasteiger partial charge in [0.05, 0.1) is 22.9 Å². The highest BCUT2D eigenvalue weighted by atomic mass is 35.5. The van der Waals surface area contributed by atoms with Crippen molar-refractivity contribution < 1.29 is 17.9 Å². The van der Waals surface area contributed by atoms with Gasteiger partial charge in [-0.25, -0.2) is 8.42 Å². The third-order valence-electron chi connectivity index (χ3n) is 2.81. The lowest BCUT2D eigenvalue weighted by Crippen LogP contribution is -2.35. The van der Waals surface area contributed by atoms with Gasteiger partial charge in [0.1, 0.15) is 0 Å². The zero-order valence-corrected chi connectivity index (χ0v) is 14.6. The zero-order valence-electron chi connectivity index (χ0n) is 12.3. The molecule has 0 atom stereocenters. The normalized spacial score (nSPS) is 11.7. The maximum atomic E-state index is 11.9.